The summed E-state index contributed by atoms with van der Waals surface area (Å²) in [6.07, 6.45) is 6.35. The van der Waals surface area contributed by atoms with Crippen molar-refractivity contribution in [1.29, 1.82) is 0 Å². The molecule has 27 heavy (non-hydrogen) atoms. The Labute approximate surface area is 163 Å². The molecule has 7 heteroatoms. The summed E-state index contributed by atoms with van der Waals surface area (Å²) in [4.78, 5) is 17.0. The maximum Gasteiger partial charge on any atom is 0.261 e. The molecular formula is C20H26N2O4S. The molecule has 1 spiro atoms. The van der Waals surface area contributed by atoms with Crippen molar-refractivity contribution in [3.63, 3.8) is 0 Å². The fourth-order valence-electron chi connectivity index (χ4n) is 4.01. The van der Waals surface area contributed by atoms with Gasteiger partial charge in [0.1, 0.15) is 0 Å². The van der Waals surface area contributed by atoms with Crippen LogP contribution >= 0.6 is 11.3 Å². The van der Waals surface area contributed by atoms with E-state index in [0.717, 1.165) is 50.4 Å². The molecule has 4 heterocycles. The van der Waals surface area contributed by atoms with Crippen LogP contribution in [-0.2, 0) is 28.0 Å². The molecule has 1 amide bonds. The van der Waals surface area contributed by atoms with Crippen molar-refractivity contribution in [2.45, 2.75) is 31.4 Å². The molecule has 0 aromatic carbocycles. The van der Waals surface area contributed by atoms with Crippen molar-refractivity contribution >= 4 is 17.2 Å². The number of hydrogen-bond donors (Lipinski definition) is 1. The molecule has 2 aliphatic rings. The fraction of sp³-hybridized carbons (Fsp3) is 0.550. The average Bonchev–Trinajstić information content (AvgIpc) is 3.34. The molecule has 6 nitrogen and oxygen atoms in total. The van der Waals surface area contributed by atoms with Crippen molar-refractivity contribution in [1.82, 2.24) is 10.2 Å². The zero-order chi connectivity index (χ0) is 18.7. The van der Waals surface area contributed by atoms with E-state index < -0.39 is 0 Å². The largest absolute Gasteiger partial charge is 0.472 e. The van der Waals surface area contributed by atoms with Crippen molar-refractivity contribution in [2.24, 2.45) is 0 Å². The molecule has 146 valence electrons. The second-order valence-electron chi connectivity index (χ2n) is 7.20. The third-order valence-corrected chi connectivity index (χ3v) is 6.67. The molecule has 0 aliphatic carbocycles. The molecule has 2 aliphatic heterocycles. The first-order valence-electron chi connectivity index (χ1n) is 9.48. The van der Waals surface area contributed by atoms with E-state index in [1.807, 2.05) is 12.3 Å². The Morgan fingerprint density at radius 2 is 2.26 bits per heavy atom. The van der Waals surface area contributed by atoms with Crippen molar-refractivity contribution in [2.75, 3.05) is 40.0 Å². The lowest BCUT2D eigenvalue weighted by Crippen LogP contribution is -2.45. The Morgan fingerprint density at radius 1 is 1.41 bits per heavy atom. The minimum atomic E-state index is -0.234. The number of piperidine rings is 1. The van der Waals surface area contributed by atoms with Crippen LogP contribution in [0.5, 0.6) is 0 Å². The summed E-state index contributed by atoms with van der Waals surface area (Å²) in [6.45, 7) is 4.67. The minimum absolute atomic E-state index is 0.0148. The van der Waals surface area contributed by atoms with Gasteiger partial charge in [0, 0.05) is 50.2 Å². The lowest BCUT2D eigenvalue weighted by Gasteiger charge is -2.44. The van der Waals surface area contributed by atoms with Gasteiger partial charge < -0.3 is 19.2 Å². The molecule has 2 aromatic rings. The zero-order valence-electron chi connectivity index (χ0n) is 15.7. The van der Waals surface area contributed by atoms with Gasteiger partial charge in [-0.2, -0.15) is 0 Å². The van der Waals surface area contributed by atoms with Crippen LogP contribution in [0.4, 0.5) is 0 Å². The number of furan rings is 1. The minimum Gasteiger partial charge on any atom is -0.472 e. The Hall–Kier alpha value is -1.67. The number of ether oxygens (including phenoxy) is 2. The lowest BCUT2D eigenvalue weighted by molar-refractivity contribution is -0.0981. The molecule has 0 saturated carbocycles. The Bertz CT molecular complexity index is 763. The van der Waals surface area contributed by atoms with E-state index in [2.05, 4.69) is 16.3 Å². The average molecular weight is 391 g/mol. The highest BCUT2D eigenvalue weighted by molar-refractivity contribution is 7.14. The molecule has 0 radical (unpaired) electrons. The third kappa shape index (κ3) is 3.96. The van der Waals surface area contributed by atoms with Crippen LogP contribution in [0.3, 0.4) is 0 Å². The summed E-state index contributed by atoms with van der Waals surface area (Å²) >= 11 is 1.61. The third-order valence-electron chi connectivity index (χ3n) is 5.47. The predicted molar refractivity (Wildman–Crippen MR) is 103 cm³/mol. The molecular weight excluding hydrogens is 364 g/mol. The van der Waals surface area contributed by atoms with Crippen LogP contribution in [0, 0.1) is 0 Å². The SMILES string of the molecule is COCCNC(=O)c1cc2c(s1)CCOC21CCN(Cc2ccoc2)CC1. The fourth-order valence-corrected chi connectivity index (χ4v) is 5.16. The Morgan fingerprint density at radius 3 is 3.00 bits per heavy atom. The van der Waals surface area contributed by atoms with Gasteiger partial charge in [-0.3, -0.25) is 9.69 Å². The molecule has 2 aromatic heterocycles. The number of nitrogens with one attached hydrogen (secondary N) is 1. The number of fused-ring (bicyclic) bond motifs is 2. The summed E-state index contributed by atoms with van der Waals surface area (Å²) < 4.78 is 16.5. The topological polar surface area (TPSA) is 63.9 Å². The number of carbonyl (C=O) groups is 1. The van der Waals surface area contributed by atoms with Crippen LogP contribution in [0.1, 0.15) is 38.5 Å². The van der Waals surface area contributed by atoms with Gasteiger partial charge in [-0.1, -0.05) is 0 Å². The number of nitrogens with zero attached hydrogens (tertiary/aromatic N) is 1. The van der Waals surface area contributed by atoms with Crippen LogP contribution < -0.4 is 5.32 Å². The number of methoxy groups -OCH3 is 1. The van der Waals surface area contributed by atoms with E-state index in [-0.39, 0.29) is 11.5 Å². The standard InChI is InChI=1S/C20H26N2O4S/c1-24-11-6-21-19(23)18-12-16-17(27-18)3-10-26-20(16)4-7-22(8-5-20)13-15-2-9-25-14-15/h2,9,12,14H,3-8,10-11,13H2,1H3,(H,21,23). The lowest BCUT2D eigenvalue weighted by atomic mass is 9.82. The first kappa shape index (κ1) is 18.7. The molecule has 0 unspecified atom stereocenters. The van der Waals surface area contributed by atoms with Gasteiger partial charge in [0.2, 0.25) is 0 Å². The number of carbonyl (C=O) groups excluding carboxylic acids is 1. The number of thiophene rings is 1. The number of hydrogen-bond acceptors (Lipinski definition) is 6. The second-order valence-corrected chi connectivity index (χ2v) is 8.33. The molecule has 0 bridgehead atoms. The summed E-state index contributed by atoms with van der Waals surface area (Å²) in [5, 5.41) is 2.92. The van der Waals surface area contributed by atoms with E-state index in [1.165, 1.54) is 16.0 Å². The van der Waals surface area contributed by atoms with Gasteiger partial charge in [-0.25, -0.2) is 0 Å². The smallest absolute Gasteiger partial charge is 0.261 e. The highest BCUT2D eigenvalue weighted by Gasteiger charge is 2.42. The molecule has 4 rings (SSSR count). The van der Waals surface area contributed by atoms with Crippen LogP contribution in [0.15, 0.2) is 29.1 Å². The molecule has 1 fully saturated rings. The van der Waals surface area contributed by atoms with Gasteiger partial charge in [0.15, 0.2) is 0 Å². The summed E-state index contributed by atoms with van der Waals surface area (Å²) in [5.74, 6) is -0.0148. The van der Waals surface area contributed by atoms with Crippen LogP contribution in [0.25, 0.3) is 0 Å². The Balaban J connectivity index is 1.44. The van der Waals surface area contributed by atoms with Gasteiger partial charge in [-0.05, 0) is 30.5 Å². The monoisotopic (exact) mass is 390 g/mol. The van der Waals surface area contributed by atoms with E-state index in [0.29, 0.717) is 13.2 Å². The summed E-state index contributed by atoms with van der Waals surface area (Å²) in [6, 6.07) is 4.08. The highest BCUT2D eigenvalue weighted by atomic mass is 32.1. The van der Waals surface area contributed by atoms with E-state index in [4.69, 9.17) is 13.9 Å². The molecule has 1 N–H and O–H groups in total. The van der Waals surface area contributed by atoms with E-state index >= 15 is 0 Å². The molecule has 1 saturated heterocycles. The van der Waals surface area contributed by atoms with Gasteiger partial charge in [0.05, 0.1) is 36.2 Å². The van der Waals surface area contributed by atoms with Crippen LogP contribution in [-0.4, -0.2) is 50.8 Å². The maximum atomic E-state index is 12.4. The second kappa shape index (κ2) is 8.14. The quantitative estimate of drug-likeness (QED) is 0.769. The van der Waals surface area contributed by atoms with Crippen molar-refractivity contribution in [3.8, 4) is 0 Å². The van der Waals surface area contributed by atoms with Gasteiger partial charge in [0.25, 0.3) is 5.91 Å². The van der Waals surface area contributed by atoms with Crippen molar-refractivity contribution in [3.05, 3.63) is 45.5 Å². The van der Waals surface area contributed by atoms with Crippen LogP contribution in [0.2, 0.25) is 0 Å². The van der Waals surface area contributed by atoms with Gasteiger partial charge >= 0.3 is 0 Å². The number of rotatable bonds is 6. The first-order chi connectivity index (χ1) is 13.2. The van der Waals surface area contributed by atoms with Crippen molar-refractivity contribution < 1.29 is 18.7 Å². The number of amides is 1. The summed E-state index contributed by atoms with van der Waals surface area (Å²) in [7, 11) is 1.63. The first-order valence-corrected chi connectivity index (χ1v) is 10.3. The molecule has 0 atom stereocenters. The Kier molecular flexibility index (Phi) is 5.63. The maximum absolute atomic E-state index is 12.4. The van der Waals surface area contributed by atoms with Gasteiger partial charge in [-0.15, -0.1) is 11.3 Å². The number of likely N-dealkylation sites (tertiary alicyclic amines) is 1. The summed E-state index contributed by atoms with van der Waals surface area (Å²) in [5.41, 5.74) is 2.21. The zero-order valence-corrected chi connectivity index (χ0v) is 16.5. The normalized spacial score (nSPS) is 19.1. The predicted octanol–water partition coefficient (Wildman–Crippen LogP) is 2.78. The van der Waals surface area contributed by atoms with E-state index in [9.17, 15) is 4.79 Å². The highest BCUT2D eigenvalue weighted by Crippen LogP contribution is 2.44. The van der Waals surface area contributed by atoms with E-state index in [1.54, 1.807) is 24.7 Å².